The van der Waals surface area contributed by atoms with Crippen LogP contribution in [0, 0.1) is 5.92 Å². The maximum absolute atomic E-state index is 13.7. The standard InChI is InChI=1S/C26H25F2N3O2S.C25H24F2N4O2S.C24H21F2N3O3S/c1-15-8-10-31(11-9-15)16(2)22-6-7-23(34-22)17-12-19-20(14-30-25(19)29-13-17)18-4-3-5-21-24(18)33-26(27,28)32-21;1-15(31-10-8-30(2)9-11-31)21-6-7-22(34-21)16-12-18-19(14-29-24(18)28-13-16)17-4-3-5-20-23(17)33-25(26,27)32-20;1-14(29-7-9-30-10-8-29)20-5-6-21(33-20)15-11-17-18(13-28-23(17)27-12-15)16-3-2-4-19-22(16)32-24(25,26)31-19/h3-7,12-16H,8-11H2,1-2H3,(H,29,30);3-7,12-15H,8-11H2,1-2H3,(H,28,29);2-6,11-14H,7-10H2,1H3,(H,27,28). The van der Waals surface area contributed by atoms with Crippen LogP contribution in [-0.2, 0) is 4.74 Å². The SMILES string of the molecule is CC(c1ccc(-c2cnc3[nH]cc(-c4cccc5c4OC(F)(F)O5)c3c2)s1)N1CCN(C)CC1.CC(c1ccc(-c2cnc3[nH]cc(-c4cccc5c4OC(F)(F)O5)c3c2)s1)N1CCOCC1.CC1CCN(C(C)c2ccc(-c3cnc4[nH]cc(-c5cccc6c5OC(F)(F)O6)c4c3)s2)CC1. The predicted octanol–water partition coefficient (Wildman–Crippen LogP) is 18.3. The molecule has 3 atom stereocenters. The summed E-state index contributed by atoms with van der Waals surface area (Å²) >= 11 is 5.30. The van der Waals surface area contributed by atoms with Crippen molar-refractivity contribution < 1.29 is 59.5 Å². The lowest BCUT2D eigenvalue weighted by atomic mass is 9.98. The number of rotatable bonds is 12. The number of ether oxygens (including phenoxy) is 7. The normalized spacial score (nSPS) is 18.9. The summed E-state index contributed by atoms with van der Waals surface area (Å²) < 4.78 is 116. The number of piperidine rings is 1. The molecule has 6 aliphatic rings. The predicted molar refractivity (Wildman–Crippen MR) is 380 cm³/mol. The minimum atomic E-state index is -3.67. The first kappa shape index (κ1) is 66.6. The van der Waals surface area contributed by atoms with Crippen molar-refractivity contribution in [3.63, 3.8) is 0 Å². The molecule has 101 heavy (non-hydrogen) atoms. The fraction of sp³-hybridized carbons (Fsp3) is 0.320. The number of nitrogens with zero attached hydrogens (tertiary/aromatic N) is 7. The largest absolute Gasteiger partial charge is 0.586 e. The van der Waals surface area contributed by atoms with Crippen LogP contribution < -0.4 is 28.4 Å². The number of fused-ring (bicyclic) bond motifs is 6. The molecule has 3 unspecified atom stereocenters. The minimum absolute atomic E-state index is 0.0240. The Morgan fingerprint density at radius 2 is 0.762 bits per heavy atom. The third kappa shape index (κ3) is 13.4. The zero-order valence-corrected chi connectivity index (χ0v) is 58.1. The number of alkyl halides is 6. The van der Waals surface area contributed by atoms with E-state index >= 15 is 0 Å². The maximum Gasteiger partial charge on any atom is 0.586 e. The highest BCUT2D eigenvalue weighted by atomic mass is 32.1. The van der Waals surface area contributed by atoms with Crippen molar-refractivity contribution in [2.75, 3.05) is 72.6 Å². The Bertz CT molecular complexity index is 4820. The molecule has 0 saturated carbocycles. The Morgan fingerprint density at radius 3 is 1.12 bits per heavy atom. The first-order valence-electron chi connectivity index (χ1n) is 33.6. The van der Waals surface area contributed by atoms with E-state index in [1.54, 1.807) is 89.0 Å². The highest BCUT2D eigenvalue weighted by Crippen LogP contribution is 2.52. The molecule has 26 heteroatoms. The number of aromatic amines is 3. The summed E-state index contributed by atoms with van der Waals surface area (Å²) in [5.41, 5.74) is 8.84. The molecular weight excluding hydrogens is 1360 g/mol. The molecule has 3 saturated heterocycles. The maximum atomic E-state index is 13.7. The smallest absolute Gasteiger partial charge is 0.395 e. The summed E-state index contributed by atoms with van der Waals surface area (Å²) in [5.74, 6) is 1.01. The Kier molecular flexibility index (Phi) is 17.6. The summed E-state index contributed by atoms with van der Waals surface area (Å²) in [6.45, 7) is 19.1. The number of morpholine rings is 1. The second-order valence-electron chi connectivity index (χ2n) is 26.2. The second kappa shape index (κ2) is 26.8. The number of pyridine rings is 3. The van der Waals surface area contributed by atoms with Gasteiger partial charge in [0.25, 0.3) is 0 Å². The van der Waals surface area contributed by atoms with E-state index in [2.05, 4.69) is 147 Å². The molecule has 17 nitrogen and oxygen atoms in total. The average molecular weight is 1430 g/mol. The van der Waals surface area contributed by atoms with Crippen LogP contribution in [0.4, 0.5) is 26.3 Å². The van der Waals surface area contributed by atoms with Gasteiger partial charge in [-0.05, 0) is 132 Å². The van der Waals surface area contributed by atoms with Crippen LogP contribution in [0.2, 0.25) is 0 Å². The Hall–Kier alpha value is -8.99. The number of likely N-dealkylation sites (N-methyl/N-ethyl adjacent to an activating group) is 1. The first-order chi connectivity index (χ1) is 48.7. The van der Waals surface area contributed by atoms with Gasteiger partial charge in [-0.3, -0.25) is 14.7 Å². The monoisotopic (exact) mass is 1430 g/mol. The van der Waals surface area contributed by atoms with Gasteiger partial charge in [0.15, 0.2) is 34.5 Å². The molecule has 0 spiro atoms. The number of H-pyrrole nitrogens is 3. The van der Waals surface area contributed by atoms with Crippen molar-refractivity contribution in [3.05, 3.63) is 161 Å². The summed E-state index contributed by atoms with van der Waals surface area (Å²) in [7, 11) is 2.16. The van der Waals surface area contributed by atoms with Gasteiger partial charge in [-0.15, -0.1) is 60.4 Å². The number of thiophene rings is 3. The Morgan fingerprint density at radius 1 is 0.426 bits per heavy atom. The molecule has 15 heterocycles. The molecule has 0 radical (unpaired) electrons. The summed E-state index contributed by atoms with van der Waals surface area (Å²) in [4.78, 5) is 40.4. The van der Waals surface area contributed by atoms with E-state index in [9.17, 15) is 26.3 Å². The van der Waals surface area contributed by atoms with Crippen LogP contribution in [0.3, 0.4) is 0 Å². The second-order valence-corrected chi connectivity index (χ2v) is 29.6. The van der Waals surface area contributed by atoms with Crippen LogP contribution in [0.5, 0.6) is 34.5 Å². The van der Waals surface area contributed by atoms with E-state index < -0.39 is 18.9 Å². The molecule has 0 bridgehead atoms. The molecule has 12 aromatic rings. The number of likely N-dealkylation sites (tertiary alicyclic amines) is 1. The Labute approximate surface area is 589 Å². The molecule has 3 N–H and O–H groups in total. The first-order valence-corrected chi connectivity index (χ1v) is 36.1. The number of aromatic nitrogens is 6. The van der Waals surface area contributed by atoms with E-state index in [-0.39, 0.29) is 34.5 Å². The molecule has 3 aromatic carbocycles. The van der Waals surface area contributed by atoms with Gasteiger partial charge in [0.1, 0.15) is 16.9 Å². The van der Waals surface area contributed by atoms with Gasteiger partial charge >= 0.3 is 18.9 Å². The van der Waals surface area contributed by atoms with Gasteiger partial charge in [0.2, 0.25) is 0 Å². The molecule has 0 aliphatic carbocycles. The number of benzene rings is 3. The number of halogens is 6. The number of para-hydroxylation sites is 3. The van der Waals surface area contributed by atoms with Gasteiger partial charge in [0.05, 0.1) is 13.2 Å². The van der Waals surface area contributed by atoms with Crippen LogP contribution in [0.25, 0.3) is 97.8 Å². The number of nitrogens with one attached hydrogen (secondary N) is 3. The summed E-state index contributed by atoms with van der Waals surface area (Å²) in [6.07, 6.45) is 2.36. The van der Waals surface area contributed by atoms with Crippen molar-refractivity contribution in [2.24, 2.45) is 5.92 Å². The summed E-state index contributed by atoms with van der Waals surface area (Å²) in [5, 5.41) is 2.51. The quantitative estimate of drug-likeness (QED) is 0.0990. The van der Waals surface area contributed by atoms with Gasteiger partial charge < -0.3 is 53.0 Å². The van der Waals surface area contributed by atoms with Gasteiger partial charge in [-0.1, -0.05) is 43.3 Å². The number of hydrogen-bond donors (Lipinski definition) is 3. The highest BCUT2D eigenvalue weighted by Gasteiger charge is 2.47. The van der Waals surface area contributed by atoms with Crippen LogP contribution in [-0.4, -0.2) is 141 Å². The van der Waals surface area contributed by atoms with E-state index in [1.807, 2.05) is 24.7 Å². The van der Waals surface area contributed by atoms with E-state index in [0.29, 0.717) is 51.8 Å². The molecule has 6 aliphatic heterocycles. The molecule has 3 fully saturated rings. The van der Waals surface area contributed by atoms with E-state index in [1.165, 1.54) is 45.7 Å². The fourth-order valence-electron chi connectivity index (χ4n) is 14.0. The van der Waals surface area contributed by atoms with Gasteiger partial charge in [-0.25, -0.2) is 15.0 Å². The number of piperazine rings is 1. The van der Waals surface area contributed by atoms with Crippen molar-refractivity contribution in [2.45, 2.75) is 77.5 Å². The van der Waals surface area contributed by atoms with Crippen molar-refractivity contribution in [3.8, 4) is 99.2 Å². The molecule has 0 amide bonds. The van der Waals surface area contributed by atoms with Crippen LogP contribution in [0.15, 0.2) is 146 Å². The van der Waals surface area contributed by atoms with E-state index in [0.717, 1.165) is 136 Å². The van der Waals surface area contributed by atoms with Crippen molar-refractivity contribution >= 4 is 67.1 Å². The van der Waals surface area contributed by atoms with Gasteiger partial charge in [0, 0.05) is 190 Å². The zero-order chi connectivity index (χ0) is 69.5. The van der Waals surface area contributed by atoms with Crippen molar-refractivity contribution in [1.82, 2.24) is 49.5 Å². The highest BCUT2D eigenvalue weighted by molar-refractivity contribution is 7.16. The third-order valence-corrected chi connectivity index (χ3v) is 23.7. The minimum Gasteiger partial charge on any atom is -0.395 e. The lowest BCUT2D eigenvalue weighted by Crippen LogP contribution is -2.45. The summed E-state index contributed by atoms with van der Waals surface area (Å²) in [6, 6.07) is 34.9. The molecule has 18 rings (SSSR count). The average Bonchev–Trinajstić information content (AvgIpc) is 1.63. The Balaban J connectivity index is 0.000000118. The van der Waals surface area contributed by atoms with E-state index in [4.69, 9.17) is 18.9 Å². The fourth-order valence-corrected chi connectivity index (χ4v) is 17.2. The van der Waals surface area contributed by atoms with Crippen LogP contribution in [0.1, 0.15) is 73.3 Å². The zero-order valence-electron chi connectivity index (χ0n) is 55.6. The topological polar surface area (TPSA) is 164 Å². The van der Waals surface area contributed by atoms with Crippen LogP contribution >= 0.6 is 34.0 Å². The van der Waals surface area contributed by atoms with Gasteiger partial charge in [-0.2, -0.15) is 0 Å². The lowest BCUT2D eigenvalue weighted by Gasteiger charge is -2.36. The third-order valence-electron chi connectivity index (χ3n) is 19.8. The van der Waals surface area contributed by atoms with Crippen molar-refractivity contribution in [1.29, 1.82) is 0 Å². The number of hydrogen-bond acceptors (Lipinski definition) is 17. The molecular formula is C75H70F6N10O7S3. The molecule has 522 valence electrons. The molecule has 9 aromatic heterocycles. The lowest BCUT2D eigenvalue weighted by molar-refractivity contribution is -0.287.